The van der Waals surface area contributed by atoms with Gasteiger partial charge in [-0.25, -0.2) is 4.99 Å². The van der Waals surface area contributed by atoms with Gasteiger partial charge in [-0.3, -0.25) is 0 Å². The summed E-state index contributed by atoms with van der Waals surface area (Å²) < 4.78 is 10.9. The number of halogens is 1. The zero-order valence-electron chi connectivity index (χ0n) is 13.1. The van der Waals surface area contributed by atoms with Gasteiger partial charge in [0, 0.05) is 24.6 Å². The van der Waals surface area contributed by atoms with E-state index in [1.54, 1.807) is 7.11 Å². The van der Waals surface area contributed by atoms with Crippen molar-refractivity contribution in [1.82, 2.24) is 4.90 Å². The number of aliphatic imine (C=N–C) groups is 1. The molecule has 1 aliphatic heterocycles. The fourth-order valence-corrected chi connectivity index (χ4v) is 3.05. The molecule has 1 aromatic carbocycles. The quantitative estimate of drug-likeness (QED) is 0.436. The lowest BCUT2D eigenvalue weighted by Crippen LogP contribution is -2.42. The Labute approximate surface area is 153 Å². The highest BCUT2D eigenvalue weighted by molar-refractivity contribution is 14.0. The van der Waals surface area contributed by atoms with E-state index in [0.717, 1.165) is 41.7 Å². The minimum absolute atomic E-state index is 0. The second-order valence-electron chi connectivity index (χ2n) is 4.69. The minimum atomic E-state index is 0. The van der Waals surface area contributed by atoms with Crippen LogP contribution in [-0.2, 0) is 6.54 Å². The molecular weight excluding hydrogens is 413 g/mol. The van der Waals surface area contributed by atoms with Gasteiger partial charge < -0.3 is 20.1 Å². The summed E-state index contributed by atoms with van der Waals surface area (Å²) in [5.74, 6) is 4.36. The first kappa shape index (κ1) is 19.2. The van der Waals surface area contributed by atoms with Gasteiger partial charge in [0.2, 0.25) is 0 Å². The molecule has 0 saturated carbocycles. The van der Waals surface area contributed by atoms with Crippen molar-refractivity contribution in [1.29, 1.82) is 0 Å². The van der Waals surface area contributed by atoms with Crippen molar-refractivity contribution in [2.24, 2.45) is 10.7 Å². The van der Waals surface area contributed by atoms with Gasteiger partial charge in [-0.2, -0.15) is 11.8 Å². The molecule has 1 aliphatic rings. The standard InChI is InChI=1S/C15H23N3O2S.HI/c1-3-20-13-5-4-12(10-14(13)19-2)11-17-15(16)18-6-8-21-9-7-18;/h4-5,10H,3,6-9,11H2,1-2H3,(H2,16,17);1H. The first-order valence-corrected chi connectivity index (χ1v) is 8.32. The highest BCUT2D eigenvalue weighted by Crippen LogP contribution is 2.28. The number of nitrogens with two attached hydrogens (primary N) is 1. The molecule has 0 spiro atoms. The van der Waals surface area contributed by atoms with Crippen LogP contribution in [0.25, 0.3) is 0 Å². The lowest BCUT2D eigenvalue weighted by molar-refractivity contribution is 0.310. The summed E-state index contributed by atoms with van der Waals surface area (Å²) in [6.07, 6.45) is 0. The van der Waals surface area contributed by atoms with Crippen LogP contribution >= 0.6 is 35.7 Å². The SMILES string of the molecule is CCOc1ccc(CN=C(N)N2CCSCC2)cc1OC.I. The van der Waals surface area contributed by atoms with E-state index in [0.29, 0.717) is 19.1 Å². The van der Waals surface area contributed by atoms with Gasteiger partial charge in [0.05, 0.1) is 20.3 Å². The highest BCUT2D eigenvalue weighted by atomic mass is 127. The number of thioether (sulfide) groups is 1. The summed E-state index contributed by atoms with van der Waals surface area (Å²) >= 11 is 1.96. The van der Waals surface area contributed by atoms with Crippen molar-refractivity contribution in [3.05, 3.63) is 23.8 Å². The molecule has 0 aromatic heterocycles. The van der Waals surface area contributed by atoms with E-state index >= 15 is 0 Å². The summed E-state index contributed by atoms with van der Waals surface area (Å²) in [5.41, 5.74) is 7.11. The van der Waals surface area contributed by atoms with E-state index < -0.39 is 0 Å². The van der Waals surface area contributed by atoms with Gasteiger partial charge in [0.25, 0.3) is 0 Å². The summed E-state index contributed by atoms with van der Waals surface area (Å²) in [4.78, 5) is 6.63. The van der Waals surface area contributed by atoms with Gasteiger partial charge >= 0.3 is 0 Å². The Morgan fingerprint density at radius 2 is 2.05 bits per heavy atom. The molecule has 124 valence electrons. The van der Waals surface area contributed by atoms with E-state index in [1.807, 2.05) is 36.9 Å². The third kappa shape index (κ3) is 5.42. The van der Waals surface area contributed by atoms with Gasteiger partial charge in [-0.15, -0.1) is 24.0 Å². The summed E-state index contributed by atoms with van der Waals surface area (Å²) in [6, 6.07) is 5.87. The smallest absolute Gasteiger partial charge is 0.191 e. The molecule has 2 N–H and O–H groups in total. The van der Waals surface area contributed by atoms with Crippen molar-refractivity contribution >= 4 is 41.7 Å². The predicted molar refractivity (Wildman–Crippen MR) is 104 cm³/mol. The fraction of sp³-hybridized carbons (Fsp3) is 0.533. The van der Waals surface area contributed by atoms with Crippen LogP contribution in [0.4, 0.5) is 0 Å². The minimum Gasteiger partial charge on any atom is -0.493 e. The molecule has 0 amide bonds. The molecule has 0 unspecified atom stereocenters. The average molecular weight is 437 g/mol. The molecule has 1 fully saturated rings. The summed E-state index contributed by atoms with van der Waals surface area (Å²) in [5, 5.41) is 0. The number of guanidine groups is 1. The Bertz CT molecular complexity index is 494. The van der Waals surface area contributed by atoms with Crippen LogP contribution in [-0.4, -0.2) is 49.2 Å². The van der Waals surface area contributed by atoms with Crippen LogP contribution in [0.15, 0.2) is 23.2 Å². The van der Waals surface area contributed by atoms with Crippen LogP contribution < -0.4 is 15.2 Å². The number of ether oxygens (including phenoxy) is 2. The number of nitrogens with zero attached hydrogens (tertiary/aromatic N) is 2. The normalized spacial score (nSPS) is 15.2. The first-order valence-electron chi connectivity index (χ1n) is 7.17. The molecule has 1 heterocycles. The molecule has 5 nitrogen and oxygen atoms in total. The molecule has 2 rings (SSSR count). The zero-order chi connectivity index (χ0) is 15.1. The molecule has 0 aliphatic carbocycles. The number of methoxy groups -OCH3 is 1. The number of hydrogen-bond acceptors (Lipinski definition) is 4. The van der Waals surface area contributed by atoms with Gasteiger partial charge in [0.15, 0.2) is 17.5 Å². The largest absolute Gasteiger partial charge is 0.493 e. The number of benzene rings is 1. The molecule has 0 bridgehead atoms. The monoisotopic (exact) mass is 437 g/mol. The third-order valence-electron chi connectivity index (χ3n) is 3.29. The maximum absolute atomic E-state index is 6.06. The Morgan fingerprint density at radius 1 is 1.32 bits per heavy atom. The molecule has 22 heavy (non-hydrogen) atoms. The first-order chi connectivity index (χ1) is 10.2. The van der Waals surface area contributed by atoms with E-state index in [4.69, 9.17) is 15.2 Å². The Kier molecular flexibility index (Phi) is 8.77. The molecule has 1 saturated heterocycles. The van der Waals surface area contributed by atoms with Crippen molar-refractivity contribution < 1.29 is 9.47 Å². The predicted octanol–water partition coefficient (Wildman–Crippen LogP) is 2.58. The Morgan fingerprint density at radius 3 is 2.68 bits per heavy atom. The topological polar surface area (TPSA) is 60.1 Å². The Hall–Kier alpha value is -0.830. The lowest BCUT2D eigenvalue weighted by atomic mass is 10.2. The second-order valence-corrected chi connectivity index (χ2v) is 5.92. The Balaban J connectivity index is 0.00000242. The zero-order valence-corrected chi connectivity index (χ0v) is 16.2. The molecule has 0 radical (unpaired) electrons. The van der Waals surface area contributed by atoms with E-state index in [-0.39, 0.29) is 24.0 Å². The van der Waals surface area contributed by atoms with E-state index in [2.05, 4.69) is 9.89 Å². The van der Waals surface area contributed by atoms with Gasteiger partial charge in [-0.1, -0.05) is 6.07 Å². The highest BCUT2D eigenvalue weighted by Gasteiger charge is 2.12. The van der Waals surface area contributed by atoms with Crippen molar-refractivity contribution in [2.75, 3.05) is 38.3 Å². The average Bonchev–Trinajstić information content (AvgIpc) is 2.54. The third-order valence-corrected chi connectivity index (χ3v) is 4.23. The summed E-state index contributed by atoms with van der Waals surface area (Å²) in [6.45, 7) is 5.08. The van der Waals surface area contributed by atoms with Crippen molar-refractivity contribution in [3.8, 4) is 11.5 Å². The maximum atomic E-state index is 6.06. The van der Waals surface area contributed by atoms with Crippen LogP contribution in [0.2, 0.25) is 0 Å². The van der Waals surface area contributed by atoms with Crippen LogP contribution in [0, 0.1) is 0 Å². The summed E-state index contributed by atoms with van der Waals surface area (Å²) in [7, 11) is 1.64. The van der Waals surface area contributed by atoms with Crippen molar-refractivity contribution in [3.63, 3.8) is 0 Å². The molecular formula is C15H24IN3O2S. The fourth-order valence-electron chi connectivity index (χ4n) is 2.15. The molecule has 1 aromatic rings. The van der Waals surface area contributed by atoms with E-state index in [9.17, 15) is 0 Å². The lowest BCUT2D eigenvalue weighted by Gasteiger charge is -2.27. The van der Waals surface area contributed by atoms with Gasteiger partial charge in [0.1, 0.15) is 0 Å². The van der Waals surface area contributed by atoms with Crippen LogP contribution in [0.3, 0.4) is 0 Å². The van der Waals surface area contributed by atoms with Crippen molar-refractivity contribution in [2.45, 2.75) is 13.5 Å². The maximum Gasteiger partial charge on any atom is 0.191 e. The van der Waals surface area contributed by atoms with E-state index in [1.165, 1.54) is 0 Å². The number of hydrogen-bond donors (Lipinski definition) is 1. The van der Waals surface area contributed by atoms with Crippen LogP contribution in [0.5, 0.6) is 11.5 Å². The van der Waals surface area contributed by atoms with Gasteiger partial charge in [-0.05, 0) is 24.6 Å². The van der Waals surface area contributed by atoms with Crippen LogP contribution in [0.1, 0.15) is 12.5 Å². The second kappa shape index (κ2) is 10.0. The molecule has 7 heteroatoms. The molecule has 0 atom stereocenters. The number of rotatable bonds is 5.